The maximum atomic E-state index is 13.9. The van der Waals surface area contributed by atoms with Crippen LogP contribution in [0.1, 0.15) is 53.7 Å². The second-order valence-electron chi connectivity index (χ2n) is 9.30. The van der Waals surface area contributed by atoms with E-state index in [9.17, 15) is 9.59 Å². The molecule has 2 aromatic carbocycles. The number of amides is 1. The molecule has 0 aliphatic heterocycles. The van der Waals surface area contributed by atoms with Crippen molar-refractivity contribution in [2.45, 2.75) is 39.8 Å². The highest BCUT2D eigenvalue weighted by atomic mass is 35.5. The zero-order valence-electron chi connectivity index (χ0n) is 21.1. The molecule has 0 unspecified atom stereocenters. The van der Waals surface area contributed by atoms with Gasteiger partial charge < -0.3 is 10.6 Å². The van der Waals surface area contributed by atoms with Gasteiger partial charge in [0.15, 0.2) is 5.65 Å². The number of hydrogen-bond donors (Lipinski definition) is 1. The molecule has 194 valence electrons. The van der Waals surface area contributed by atoms with E-state index in [-0.39, 0.29) is 29.7 Å². The van der Waals surface area contributed by atoms with Crippen LogP contribution in [0.5, 0.6) is 0 Å². The van der Waals surface area contributed by atoms with Crippen LogP contribution in [-0.4, -0.2) is 43.1 Å². The maximum Gasteiger partial charge on any atom is 0.352 e. The Kier molecular flexibility index (Phi) is 8.32. The number of nitrogens with zero attached hydrogens (tertiary/aromatic N) is 5. The number of rotatable bonds is 9. The first-order chi connectivity index (χ1) is 17.7. The Morgan fingerprint density at radius 3 is 2.38 bits per heavy atom. The fourth-order valence-electron chi connectivity index (χ4n) is 4.43. The molecule has 8 nitrogen and oxygen atoms in total. The number of aromatic nitrogens is 4. The van der Waals surface area contributed by atoms with Crippen molar-refractivity contribution >= 4 is 34.8 Å². The lowest BCUT2D eigenvalue weighted by Crippen LogP contribution is -2.43. The van der Waals surface area contributed by atoms with Crippen molar-refractivity contribution in [2.75, 3.05) is 13.1 Å². The van der Waals surface area contributed by atoms with Gasteiger partial charge in [0.2, 0.25) is 0 Å². The van der Waals surface area contributed by atoms with E-state index in [1.807, 2.05) is 44.2 Å². The molecule has 4 aromatic rings. The van der Waals surface area contributed by atoms with Gasteiger partial charge in [0.05, 0.1) is 18.3 Å². The molecule has 1 amide bonds. The van der Waals surface area contributed by atoms with Crippen molar-refractivity contribution in [1.29, 1.82) is 0 Å². The predicted octanol–water partition coefficient (Wildman–Crippen LogP) is 4.74. The van der Waals surface area contributed by atoms with Gasteiger partial charge in [0, 0.05) is 17.1 Å². The molecular weight excluding hydrogens is 511 g/mol. The summed E-state index contributed by atoms with van der Waals surface area (Å²) in [5.74, 6) is 0.158. The summed E-state index contributed by atoms with van der Waals surface area (Å²) >= 11 is 12.6. The normalized spacial score (nSPS) is 12.3. The van der Waals surface area contributed by atoms with Crippen LogP contribution in [0.4, 0.5) is 0 Å². The molecule has 0 bridgehead atoms. The van der Waals surface area contributed by atoms with Crippen LogP contribution in [0.2, 0.25) is 10.0 Å². The quantitative estimate of drug-likeness (QED) is 0.330. The summed E-state index contributed by atoms with van der Waals surface area (Å²) in [6, 6.07) is 15.9. The number of halogens is 2. The topological polar surface area (TPSA) is 98.5 Å². The van der Waals surface area contributed by atoms with Crippen LogP contribution in [0.25, 0.3) is 5.65 Å². The summed E-state index contributed by atoms with van der Waals surface area (Å²) in [4.78, 5) is 34.3. The number of carbonyl (C=O) groups excluding carboxylic acids is 1. The lowest BCUT2D eigenvalue weighted by Gasteiger charge is -2.35. The molecule has 2 heterocycles. The molecule has 0 aliphatic rings. The number of benzene rings is 2. The third-order valence-electron chi connectivity index (χ3n) is 6.24. The third-order valence-corrected chi connectivity index (χ3v) is 6.94. The third kappa shape index (κ3) is 5.56. The first kappa shape index (κ1) is 26.9. The number of nitrogens with two attached hydrogens (primary N) is 1. The van der Waals surface area contributed by atoms with E-state index in [4.69, 9.17) is 33.9 Å². The van der Waals surface area contributed by atoms with Gasteiger partial charge in [0.25, 0.3) is 5.91 Å². The fourth-order valence-corrected chi connectivity index (χ4v) is 4.72. The minimum Gasteiger partial charge on any atom is -0.330 e. The van der Waals surface area contributed by atoms with Crippen molar-refractivity contribution < 1.29 is 4.79 Å². The molecule has 0 saturated carbocycles. The first-order valence-corrected chi connectivity index (χ1v) is 12.9. The standard InChI is InChI=1S/C27H30Cl2N6O2/c1-17(2)23(33(15-7-14-30)26(36)20-10-12-21(28)13-11-20)25-31-24-22(29)18(3)32-35(24)27(37)34(25)16-19-8-5-4-6-9-19/h4-6,8-13,17,23H,7,14-16,30H2,1-3H3/t23-/m0/s1. The minimum absolute atomic E-state index is 0.0896. The summed E-state index contributed by atoms with van der Waals surface area (Å²) in [5, 5.41) is 5.18. The van der Waals surface area contributed by atoms with Crippen molar-refractivity contribution in [3.05, 3.63) is 97.8 Å². The SMILES string of the molecule is Cc1nn2c(=O)n(Cc3ccccc3)c([C@H](C(C)C)N(CCCN)C(=O)c3ccc(Cl)cc3)nc2c1Cl. The molecule has 2 aromatic heterocycles. The van der Waals surface area contributed by atoms with Gasteiger partial charge in [-0.25, -0.2) is 9.78 Å². The van der Waals surface area contributed by atoms with Crippen LogP contribution in [0.15, 0.2) is 59.4 Å². The monoisotopic (exact) mass is 540 g/mol. The lowest BCUT2D eigenvalue weighted by atomic mass is 9.99. The molecule has 0 aliphatic carbocycles. The van der Waals surface area contributed by atoms with Gasteiger partial charge in [-0.2, -0.15) is 9.61 Å². The Morgan fingerprint density at radius 2 is 1.76 bits per heavy atom. The Hall–Kier alpha value is -3.20. The molecule has 2 N–H and O–H groups in total. The molecular formula is C27H30Cl2N6O2. The van der Waals surface area contributed by atoms with Crippen LogP contribution in [0.3, 0.4) is 0 Å². The highest BCUT2D eigenvalue weighted by molar-refractivity contribution is 6.34. The zero-order chi connectivity index (χ0) is 26.7. The summed E-state index contributed by atoms with van der Waals surface area (Å²) < 4.78 is 2.81. The summed E-state index contributed by atoms with van der Waals surface area (Å²) in [6.45, 7) is 6.79. The van der Waals surface area contributed by atoms with Crippen molar-refractivity contribution in [1.82, 2.24) is 24.1 Å². The summed E-state index contributed by atoms with van der Waals surface area (Å²) in [7, 11) is 0. The first-order valence-electron chi connectivity index (χ1n) is 12.2. The van der Waals surface area contributed by atoms with E-state index in [2.05, 4.69) is 5.10 Å². The van der Waals surface area contributed by atoms with E-state index in [1.165, 1.54) is 4.52 Å². The van der Waals surface area contributed by atoms with E-state index >= 15 is 0 Å². The molecule has 0 fully saturated rings. The van der Waals surface area contributed by atoms with Crippen molar-refractivity contribution in [2.24, 2.45) is 11.7 Å². The van der Waals surface area contributed by atoms with E-state index < -0.39 is 6.04 Å². The minimum atomic E-state index is -0.539. The zero-order valence-corrected chi connectivity index (χ0v) is 22.6. The number of carbonyl (C=O) groups is 1. The van der Waals surface area contributed by atoms with Crippen molar-refractivity contribution in [3.63, 3.8) is 0 Å². The Balaban J connectivity index is 1.94. The second kappa shape index (κ2) is 11.5. The predicted molar refractivity (Wildman–Crippen MR) is 146 cm³/mol. The molecule has 0 saturated heterocycles. The molecule has 1 atom stereocenters. The summed E-state index contributed by atoms with van der Waals surface area (Å²) in [6.07, 6.45) is 0.584. The van der Waals surface area contributed by atoms with Gasteiger partial charge in [0.1, 0.15) is 10.8 Å². The molecule has 0 radical (unpaired) electrons. The number of hydrogen-bond acceptors (Lipinski definition) is 5. The Bertz CT molecular complexity index is 1450. The van der Waals surface area contributed by atoms with E-state index in [0.29, 0.717) is 46.6 Å². The largest absolute Gasteiger partial charge is 0.352 e. The fraction of sp³-hybridized carbons (Fsp3) is 0.333. The van der Waals surface area contributed by atoms with Gasteiger partial charge in [-0.1, -0.05) is 67.4 Å². The van der Waals surface area contributed by atoms with Crippen LogP contribution in [-0.2, 0) is 6.54 Å². The van der Waals surface area contributed by atoms with Crippen molar-refractivity contribution in [3.8, 4) is 0 Å². The van der Waals surface area contributed by atoms with Gasteiger partial charge >= 0.3 is 5.69 Å². The summed E-state index contributed by atoms with van der Waals surface area (Å²) in [5.41, 5.74) is 7.66. The van der Waals surface area contributed by atoms with Gasteiger partial charge in [-0.05, 0) is 55.6 Å². The Labute approximate surface area is 225 Å². The van der Waals surface area contributed by atoms with Gasteiger partial charge in [-0.3, -0.25) is 9.36 Å². The Morgan fingerprint density at radius 1 is 1.08 bits per heavy atom. The average Bonchev–Trinajstić information content (AvgIpc) is 3.17. The van der Waals surface area contributed by atoms with Gasteiger partial charge in [-0.15, -0.1) is 0 Å². The van der Waals surface area contributed by atoms with E-state index in [0.717, 1.165) is 5.56 Å². The average molecular weight is 541 g/mol. The van der Waals surface area contributed by atoms with E-state index in [1.54, 1.807) is 40.7 Å². The molecule has 4 rings (SSSR count). The highest BCUT2D eigenvalue weighted by Gasteiger charge is 2.33. The number of aryl methyl sites for hydroxylation is 1. The lowest BCUT2D eigenvalue weighted by molar-refractivity contribution is 0.0601. The smallest absolute Gasteiger partial charge is 0.330 e. The number of fused-ring (bicyclic) bond motifs is 1. The maximum absolute atomic E-state index is 13.9. The molecule has 0 spiro atoms. The molecule has 37 heavy (non-hydrogen) atoms. The highest BCUT2D eigenvalue weighted by Crippen LogP contribution is 2.31. The van der Waals surface area contributed by atoms with Crippen LogP contribution in [0, 0.1) is 12.8 Å². The van der Waals surface area contributed by atoms with Crippen LogP contribution >= 0.6 is 23.2 Å². The van der Waals surface area contributed by atoms with Crippen LogP contribution < -0.4 is 11.4 Å². The molecule has 10 heteroatoms. The second-order valence-corrected chi connectivity index (χ2v) is 10.1.